The van der Waals surface area contributed by atoms with Gasteiger partial charge in [-0.1, -0.05) is 32.6 Å². The summed E-state index contributed by atoms with van der Waals surface area (Å²) in [7, 11) is 0. The van der Waals surface area contributed by atoms with Crippen molar-refractivity contribution >= 4 is 0 Å². The molecule has 6 atom stereocenters. The second-order valence-corrected chi connectivity index (χ2v) is 10.9. The molecule has 0 aliphatic heterocycles. The molecule has 4 N–H and O–H groups in total. The van der Waals surface area contributed by atoms with Crippen LogP contribution in [0.25, 0.3) is 0 Å². The van der Waals surface area contributed by atoms with Gasteiger partial charge in [0.25, 0.3) is 0 Å². The molecule has 0 amide bonds. The van der Waals surface area contributed by atoms with E-state index in [1.165, 1.54) is 0 Å². The van der Waals surface area contributed by atoms with Crippen LogP contribution in [0, 0.1) is 23.2 Å². The van der Waals surface area contributed by atoms with Crippen molar-refractivity contribution in [1.29, 1.82) is 0 Å². The molecule has 1 unspecified atom stereocenters. The van der Waals surface area contributed by atoms with Crippen LogP contribution in [-0.2, 0) is 0 Å². The second-order valence-electron chi connectivity index (χ2n) is 10.9. The summed E-state index contributed by atoms with van der Waals surface area (Å²) in [5.74, 6) is 0.753. The largest absolute Gasteiger partial charge is 0.393 e. The van der Waals surface area contributed by atoms with Crippen LogP contribution in [0.4, 0.5) is 0 Å². The van der Waals surface area contributed by atoms with E-state index in [1.54, 1.807) is 13.8 Å². The van der Waals surface area contributed by atoms with Crippen molar-refractivity contribution in [2.24, 2.45) is 23.2 Å². The second kappa shape index (κ2) is 8.69. The summed E-state index contributed by atoms with van der Waals surface area (Å²) in [6.45, 7) is 9.44. The van der Waals surface area contributed by atoms with Gasteiger partial charge in [0.05, 0.1) is 23.4 Å². The Hall–Kier alpha value is -0.160. The van der Waals surface area contributed by atoms with Crippen molar-refractivity contribution in [3.8, 4) is 0 Å². The Morgan fingerprint density at radius 2 is 1.67 bits per heavy atom. The van der Waals surface area contributed by atoms with Crippen LogP contribution in [0.2, 0.25) is 0 Å². The average Bonchev–Trinajstić information content (AvgIpc) is 2.87. The number of hydrogen-bond acceptors (Lipinski definition) is 4. The van der Waals surface area contributed by atoms with Crippen LogP contribution < -0.4 is 0 Å². The molecule has 0 heterocycles. The molecule has 0 aromatic carbocycles. The van der Waals surface area contributed by atoms with E-state index in [1.807, 2.05) is 13.8 Å². The van der Waals surface area contributed by atoms with Crippen molar-refractivity contribution in [3.63, 3.8) is 0 Å². The van der Waals surface area contributed by atoms with Gasteiger partial charge in [-0.2, -0.15) is 0 Å². The Bertz CT molecular complexity index is 464. The zero-order valence-electron chi connectivity index (χ0n) is 18.2. The number of unbranched alkanes of at least 4 members (excludes halogenated alkanes) is 2. The van der Waals surface area contributed by atoms with Crippen molar-refractivity contribution in [1.82, 2.24) is 0 Å². The van der Waals surface area contributed by atoms with Crippen LogP contribution in [0.3, 0.4) is 0 Å². The highest BCUT2D eigenvalue weighted by molar-refractivity contribution is 5.04. The van der Waals surface area contributed by atoms with Gasteiger partial charge in [0.1, 0.15) is 0 Å². The topological polar surface area (TPSA) is 80.9 Å². The predicted octanol–water partition coefficient (Wildman–Crippen LogP) is 4.03. The molecule has 4 nitrogen and oxygen atoms in total. The van der Waals surface area contributed by atoms with Crippen molar-refractivity contribution in [2.75, 3.05) is 0 Å². The van der Waals surface area contributed by atoms with Crippen molar-refractivity contribution in [3.05, 3.63) is 0 Å². The third-order valence-electron chi connectivity index (χ3n) is 7.63. The molecule has 2 aliphatic rings. The molecule has 27 heavy (non-hydrogen) atoms. The summed E-state index contributed by atoms with van der Waals surface area (Å²) < 4.78 is 0. The zero-order valence-corrected chi connectivity index (χ0v) is 18.2. The number of aliphatic hydroxyl groups is 4. The lowest BCUT2D eigenvalue weighted by Gasteiger charge is -2.48. The molecule has 0 aromatic rings. The quantitative estimate of drug-likeness (QED) is 0.452. The summed E-state index contributed by atoms with van der Waals surface area (Å²) in [5.41, 5.74) is -1.66. The molecule has 2 rings (SSSR count). The van der Waals surface area contributed by atoms with Crippen molar-refractivity contribution < 1.29 is 20.4 Å². The minimum atomic E-state index is -1.11. The fourth-order valence-corrected chi connectivity index (χ4v) is 6.11. The van der Waals surface area contributed by atoms with Crippen LogP contribution in [-0.4, -0.2) is 43.8 Å². The Labute approximate surface area is 166 Å². The molecule has 2 saturated carbocycles. The van der Waals surface area contributed by atoms with Crippen LogP contribution in [0.1, 0.15) is 98.8 Å². The fourth-order valence-electron chi connectivity index (χ4n) is 6.11. The summed E-state index contributed by atoms with van der Waals surface area (Å²) in [4.78, 5) is 0. The number of aliphatic hydroxyl groups excluding tert-OH is 2. The number of fused-ring (bicyclic) bond motifs is 1. The Balaban J connectivity index is 2.06. The van der Waals surface area contributed by atoms with Gasteiger partial charge in [-0.25, -0.2) is 0 Å². The molecular weight excluding hydrogens is 340 g/mol. The molecular formula is C23H44O4. The Kier molecular flexibility index (Phi) is 7.44. The SMILES string of the molecule is CC(C)(O)CCCCC[C@H]([C@@H](O)C(C)(C)O)[C@H]1CC[C@H]2C(O)CCC[C@]12C. The molecule has 0 saturated heterocycles. The minimum Gasteiger partial charge on any atom is -0.393 e. The highest BCUT2D eigenvalue weighted by Gasteiger charge is 2.54. The maximum atomic E-state index is 11.0. The van der Waals surface area contributed by atoms with Gasteiger partial charge in [0.15, 0.2) is 0 Å². The van der Waals surface area contributed by atoms with Gasteiger partial charge in [0.2, 0.25) is 0 Å². The molecule has 0 spiro atoms. The maximum Gasteiger partial charge on any atom is 0.0852 e. The van der Waals surface area contributed by atoms with E-state index in [9.17, 15) is 20.4 Å². The van der Waals surface area contributed by atoms with Crippen LogP contribution >= 0.6 is 0 Å². The number of rotatable bonds is 9. The van der Waals surface area contributed by atoms with Gasteiger partial charge in [0, 0.05) is 0 Å². The maximum absolute atomic E-state index is 11.0. The summed E-state index contributed by atoms with van der Waals surface area (Å²) in [5, 5.41) is 41.9. The average molecular weight is 385 g/mol. The molecule has 0 radical (unpaired) electrons. The van der Waals surface area contributed by atoms with Gasteiger partial charge in [-0.3, -0.25) is 0 Å². The van der Waals surface area contributed by atoms with E-state index in [0.717, 1.165) is 64.2 Å². The normalized spacial score (nSPS) is 34.3. The molecule has 0 bridgehead atoms. The monoisotopic (exact) mass is 384 g/mol. The van der Waals surface area contributed by atoms with Gasteiger partial charge in [-0.05, 0) is 89.4 Å². The Morgan fingerprint density at radius 1 is 1.00 bits per heavy atom. The van der Waals surface area contributed by atoms with Crippen LogP contribution in [0.15, 0.2) is 0 Å². The molecule has 2 fully saturated rings. The van der Waals surface area contributed by atoms with E-state index in [2.05, 4.69) is 6.92 Å². The fraction of sp³-hybridized carbons (Fsp3) is 1.00. The molecule has 2 aliphatic carbocycles. The minimum absolute atomic E-state index is 0.0624. The highest BCUT2D eigenvalue weighted by atomic mass is 16.3. The first kappa shape index (κ1) is 23.1. The lowest BCUT2D eigenvalue weighted by molar-refractivity contribution is -0.113. The molecule has 0 aromatic heterocycles. The smallest absolute Gasteiger partial charge is 0.0852 e. The van der Waals surface area contributed by atoms with Crippen molar-refractivity contribution in [2.45, 2.75) is 122 Å². The lowest BCUT2D eigenvalue weighted by atomic mass is 9.59. The predicted molar refractivity (Wildman–Crippen MR) is 109 cm³/mol. The van der Waals surface area contributed by atoms with Gasteiger partial charge < -0.3 is 20.4 Å². The van der Waals surface area contributed by atoms with Crippen LogP contribution in [0.5, 0.6) is 0 Å². The van der Waals surface area contributed by atoms with E-state index >= 15 is 0 Å². The summed E-state index contributed by atoms with van der Waals surface area (Å²) >= 11 is 0. The van der Waals surface area contributed by atoms with Gasteiger partial charge in [-0.15, -0.1) is 0 Å². The first-order valence-corrected chi connectivity index (χ1v) is 11.2. The van der Waals surface area contributed by atoms with E-state index in [0.29, 0.717) is 11.8 Å². The first-order valence-electron chi connectivity index (χ1n) is 11.2. The van der Waals surface area contributed by atoms with E-state index < -0.39 is 17.3 Å². The van der Waals surface area contributed by atoms with Gasteiger partial charge >= 0.3 is 0 Å². The first-order chi connectivity index (χ1) is 12.4. The lowest BCUT2D eigenvalue weighted by Crippen LogP contribution is -2.49. The molecule has 4 heteroatoms. The zero-order chi connectivity index (χ0) is 20.5. The molecule has 160 valence electrons. The third kappa shape index (κ3) is 5.68. The third-order valence-corrected chi connectivity index (χ3v) is 7.63. The highest BCUT2D eigenvalue weighted by Crippen LogP contribution is 2.59. The van der Waals surface area contributed by atoms with E-state index in [-0.39, 0.29) is 17.4 Å². The Morgan fingerprint density at radius 3 is 2.26 bits per heavy atom. The number of hydrogen-bond donors (Lipinski definition) is 4. The summed E-state index contributed by atoms with van der Waals surface area (Å²) in [6.07, 6.45) is 8.93. The standard InChI is InChI=1S/C23H44O4/c1-21(2,26)14-8-6-7-10-16(20(25)22(3,4)27)17-12-13-18-19(24)11-9-15-23(17,18)5/h16-20,24-27H,6-15H2,1-5H3/t16-,17+,18-,19?,20+,23+/m0/s1. The van der Waals surface area contributed by atoms with E-state index in [4.69, 9.17) is 0 Å². The summed E-state index contributed by atoms with van der Waals surface area (Å²) in [6, 6.07) is 0.